The number of rotatable bonds is 10. The minimum atomic E-state index is -3.56. The third-order valence-electron chi connectivity index (χ3n) is 3.72. The van der Waals surface area contributed by atoms with Crippen molar-refractivity contribution in [1.29, 1.82) is 0 Å². The van der Waals surface area contributed by atoms with Crippen LogP contribution in [0.2, 0.25) is 0 Å². The highest BCUT2D eigenvalue weighted by Crippen LogP contribution is 2.02. The van der Waals surface area contributed by atoms with Crippen LogP contribution in [0.4, 0.5) is 0 Å². The summed E-state index contributed by atoms with van der Waals surface area (Å²) in [6.45, 7) is 3.31. The van der Waals surface area contributed by atoms with Gasteiger partial charge in [-0.3, -0.25) is 4.79 Å². The number of benzene rings is 1. The first kappa shape index (κ1) is 19.9. The Balaban J connectivity index is 1.62. The molecule has 0 saturated carbocycles. The van der Waals surface area contributed by atoms with E-state index in [0.29, 0.717) is 6.54 Å². The van der Waals surface area contributed by atoms with Crippen LogP contribution in [0.15, 0.2) is 48.1 Å². The molecule has 0 bridgehead atoms. The number of carbonyl (C=O) groups is 1. The lowest BCUT2D eigenvalue weighted by atomic mass is 10.2. The summed E-state index contributed by atoms with van der Waals surface area (Å²) in [5, 5.41) is 3.89. The molecule has 7 nitrogen and oxygen atoms in total. The van der Waals surface area contributed by atoms with Crippen LogP contribution in [-0.4, -0.2) is 37.0 Å². The van der Waals surface area contributed by atoms with Gasteiger partial charge in [0.15, 0.2) is 0 Å². The Labute approximate surface area is 154 Å². The van der Waals surface area contributed by atoms with E-state index in [-0.39, 0.29) is 18.9 Å². The molecule has 0 atom stereocenters. The molecule has 1 heterocycles. The first-order valence-corrected chi connectivity index (χ1v) is 9.98. The molecular weight excluding hydrogens is 352 g/mol. The zero-order chi connectivity index (χ0) is 18.8. The van der Waals surface area contributed by atoms with Crippen molar-refractivity contribution < 1.29 is 13.2 Å². The Morgan fingerprint density at radius 2 is 2.00 bits per heavy atom. The summed E-state index contributed by atoms with van der Waals surface area (Å²) in [4.78, 5) is 15.9. The number of amides is 1. The maximum atomic E-state index is 11.9. The van der Waals surface area contributed by atoms with Gasteiger partial charge in [0.2, 0.25) is 15.9 Å². The van der Waals surface area contributed by atoms with Crippen molar-refractivity contribution in [2.24, 2.45) is 0 Å². The van der Waals surface area contributed by atoms with Crippen molar-refractivity contribution in [3.05, 3.63) is 59.5 Å². The van der Waals surface area contributed by atoms with Crippen molar-refractivity contribution in [3.8, 4) is 0 Å². The number of nitrogens with one attached hydrogen (secondary N) is 2. The van der Waals surface area contributed by atoms with Gasteiger partial charge in [0.1, 0.15) is 5.82 Å². The van der Waals surface area contributed by atoms with E-state index < -0.39 is 10.0 Å². The van der Waals surface area contributed by atoms with Crippen LogP contribution in [0.1, 0.15) is 24.2 Å². The lowest BCUT2D eigenvalue weighted by Crippen LogP contribution is -2.30. The van der Waals surface area contributed by atoms with E-state index in [4.69, 9.17) is 0 Å². The molecule has 8 heteroatoms. The van der Waals surface area contributed by atoms with Crippen LogP contribution in [-0.2, 0) is 21.4 Å². The van der Waals surface area contributed by atoms with Gasteiger partial charge in [-0.15, -0.1) is 0 Å². The fourth-order valence-corrected chi connectivity index (χ4v) is 3.11. The highest BCUT2D eigenvalue weighted by Gasteiger charge is 2.07. The highest BCUT2D eigenvalue weighted by molar-refractivity contribution is 7.92. The van der Waals surface area contributed by atoms with Crippen molar-refractivity contribution in [1.82, 2.24) is 19.6 Å². The number of sulfonamides is 1. The number of hydrogen-bond donors (Lipinski definition) is 2. The molecule has 2 N–H and O–H groups in total. The summed E-state index contributed by atoms with van der Waals surface area (Å²) < 4.78 is 28.1. The molecule has 2 rings (SSSR count). The van der Waals surface area contributed by atoms with E-state index in [1.165, 1.54) is 6.08 Å². The third-order valence-corrected chi connectivity index (χ3v) is 4.82. The predicted molar refractivity (Wildman–Crippen MR) is 102 cm³/mol. The van der Waals surface area contributed by atoms with Crippen LogP contribution >= 0.6 is 0 Å². The van der Waals surface area contributed by atoms with Gasteiger partial charge in [-0.1, -0.05) is 30.3 Å². The minimum Gasteiger partial charge on any atom is -0.356 e. The van der Waals surface area contributed by atoms with Crippen molar-refractivity contribution in [2.75, 3.05) is 13.1 Å². The van der Waals surface area contributed by atoms with Crippen LogP contribution in [0, 0.1) is 6.92 Å². The quantitative estimate of drug-likeness (QED) is 0.617. The molecule has 0 aliphatic carbocycles. The van der Waals surface area contributed by atoms with Crippen molar-refractivity contribution in [3.63, 3.8) is 0 Å². The van der Waals surface area contributed by atoms with E-state index in [2.05, 4.69) is 15.0 Å². The number of imidazole rings is 1. The summed E-state index contributed by atoms with van der Waals surface area (Å²) in [5.41, 5.74) is 0.795. The number of nitrogens with zero attached hydrogens (tertiary/aromatic N) is 2. The summed E-state index contributed by atoms with van der Waals surface area (Å²) in [7, 11) is -3.56. The molecule has 0 unspecified atom stereocenters. The van der Waals surface area contributed by atoms with Gasteiger partial charge >= 0.3 is 0 Å². The maximum absolute atomic E-state index is 11.9. The zero-order valence-corrected chi connectivity index (χ0v) is 15.6. The predicted octanol–water partition coefficient (Wildman–Crippen LogP) is 1.68. The summed E-state index contributed by atoms with van der Waals surface area (Å²) in [5.74, 6) is 0.761. The molecule has 140 valence electrons. The Morgan fingerprint density at radius 1 is 1.23 bits per heavy atom. The molecule has 0 aliphatic heterocycles. The standard InChI is InChI=1S/C18H24N4O3S/c1-16-19-12-14-22(16)13-5-10-20-18(23)8-11-21-26(24,25)15-9-17-6-3-2-4-7-17/h2-4,6-7,9,12,14-15,21H,5,8,10-11,13H2,1H3,(H,20,23)/b15-9+. The number of aryl methyl sites for hydroxylation is 2. The van der Waals surface area contributed by atoms with Gasteiger partial charge in [0.05, 0.1) is 0 Å². The third kappa shape index (κ3) is 7.20. The fourth-order valence-electron chi connectivity index (χ4n) is 2.29. The highest BCUT2D eigenvalue weighted by atomic mass is 32.2. The molecule has 0 saturated heterocycles. The van der Waals surface area contributed by atoms with Crippen LogP contribution in [0.25, 0.3) is 6.08 Å². The van der Waals surface area contributed by atoms with Gasteiger partial charge in [0, 0.05) is 43.9 Å². The molecule has 1 amide bonds. The van der Waals surface area contributed by atoms with Gasteiger partial charge < -0.3 is 9.88 Å². The van der Waals surface area contributed by atoms with Crippen molar-refractivity contribution in [2.45, 2.75) is 26.3 Å². The monoisotopic (exact) mass is 376 g/mol. The molecule has 1 aromatic carbocycles. The van der Waals surface area contributed by atoms with E-state index in [9.17, 15) is 13.2 Å². The van der Waals surface area contributed by atoms with Gasteiger partial charge in [-0.05, 0) is 25.0 Å². The second kappa shape index (κ2) is 9.88. The van der Waals surface area contributed by atoms with Gasteiger partial charge in [-0.25, -0.2) is 18.1 Å². The first-order chi connectivity index (χ1) is 12.5. The van der Waals surface area contributed by atoms with E-state index >= 15 is 0 Å². The topological polar surface area (TPSA) is 93.1 Å². The normalized spacial score (nSPS) is 11.7. The SMILES string of the molecule is Cc1nccn1CCCNC(=O)CCNS(=O)(=O)/C=C/c1ccccc1. The fraction of sp³-hybridized carbons (Fsp3) is 0.333. The summed E-state index contributed by atoms with van der Waals surface area (Å²) in [6, 6.07) is 9.14. The van der Waals surface area contributed by atoms with E-state index in [1.807, 2.05) is 48.0 Å². The molecular formula is C18H24N4O3S. The Bertz CT molecular complexity index is 829. The lowest BCUT2D eigenvalue weighted by Gasteiger charge is -2.07. The number of aromatic nitrogens is 2. The molecule has 1 aromatic heterocycles. The molecule has 0 fully saturated rings. The average Bonchev–Trinajstić information content (AvgIpc) is 3.03. The lowest BCUT2D eigenvalue weighted by molar-refractivity contribution is -0.120. The Morgan fingerprint density at radius 3 is 2.69 bits per heavy atom. The summed E-state index contributed by atoms with van der Waals surface area (Å²) in [6.07, 6.45) is 6.04. The zero-order valence-electron chi connectivity index (χ0n) is 14.8. The van der Waals surface area contributed by atoms with Gasteiger partial charge in [-0.2, -0.15) is 0 Å². The second-order valence-corrected chi connectivity index (χ2v) is 7.42. The van der Waals surface area contributed by atoms with E-state index in [0.717, 1.165) is 29.8 Å². The molecule has 0 radical (unpaired) electrons. The first-order valence-electron chi connectivity index (χ1n) is 8.43. The molecule has 2 aromatic rings. The Hall–Kier alpha value is -2.45. The molecule has 0 aliphatic rings. The van der Waals surface area contributed by atoms with E-state index in [1.54, 1.807) is 6.20 Å². The maximum Gasteiger partial charge on any atom is 0.233 e. The van der Waals surface area contributed by atoms with Crippen LogP contribution in [0.5, 0.6) is 0 Å². The number of carbonyl (C=O) groups excluding carboxylic acids is 1. The molecule has 0 spiro atoms. The van der Waals surface area contributed by atoms with Crippen LogP contribution < -0.4 is 10.0 Å². The largest absolute Gasteiger partial charge is 0.356 e. The summed E-state index contributed by atoms with van der Waals surface area (Å²) >= 11 is 0. The molecule has 26 heavy (non-hydrogen) atoms. The smallest absolute Gasteiger partial charge is 0.233 e. The number of hydrogen-bond acceptors (Lipinski definition) is 4. The van der Waals surface area contributed by atoms with Crippen LogP contribution in [0.3, 0.4) is 0 Å². The average molecular weight is 376 g/mol. The second-order valence-electron chi connectivity index (χ2n) is 5.77. The Kier molecular flexibility index (Phi) is 7.55. The van der Waals surface area contributed by atoms with Crippen molar-refractivity contribution >= 4 is 22.0 Å². The minimum absolute atomic E-state index is 0.0634. The van der Waals surface area contributed by atoms with Gasteiger partial charge in [0.25, 0.3) is 0 Å².